The molecule has 0 saturated carbocycles. The Kier molecular flexibility index (Phi) is 6.19. The van der Waals surface area contributed by atoms with E-state index in [1.807, 2.05) is 0 Å². The molecule has 0 heterocycles. The number of hydrogen-bond acceptors (Lipinski definition) is 3. The zero-order valence-corrected chi connectivity index (χ0v) is 11.7. The summed E-state index contributed by atoms with van der Waals surface area (Å²) in [4.78, 5) is 14.2. The summed E-state index contributed by atoms with van der Waals surface area (Å²) in [5.41, 5.74) is 0.338. The Morgan fingerprint density at radius 1 is 1.00 bits per heavy atom. The first-order chi connectivity index (χ1) is 9.08. The lowest BCUT2D eigenvalue weighted by atomic mass is 10.1. The van der Waals surface area contributed by atoms with Crippen molar-refractivity contribution in [3.63, 3.8) is 0 Å². The minimum absolute atomic E-state index is 0.0886. The highest BCUT2D eigenvalue weighted by atomic mass is 16.3. The summed E-state index contributed by atoms with van der Waals surface area (Å²) in [5, 5.41) is 18.9. The fourth-order valence-corrected chi connectivity index (χ4v) is 1.91. The Labute approximate surface area is 114 Å². The zero-order chi connectivity index (χ0) is 14.3. The molecule has 1 aromatic rings. The summed E-state index contributed by atoms with van der Waals surface area (Å²) < 4.78 is 0. The summed E-state index contributed by atoms with van der Waals surface area (Å²) in [6.45, 7) is 5.60. The van der Waals surface area contributed by atoms with Gasteiger partial charge < -0.3 is 15.1 Å². The number of unbranched alkanes of at least 4 members (excludes halogenated alkanes) is 2. The van der Waals surface area contributed by atoms with Gasteiger partial charge in [-0.05, 0) is 25.0 Å². The second-order valence-electron chi connectivity index (χ2n) is 4.74. The van der Waals surface area contributed by atoms with Gasteiger partial charge in [0.15, 0.2) is 0 Å². The van der Waals surface area contributed by atoms with E-state index in [1.54, 1.807) is 4.90 Å². The number of rotatable bonds is 7. The van der Waals surface area contributed by atoms with Crippen LogP contribution in [-0.4, -0.2) is 34.1 Å². The van der Waals surface area contributed by atoms with Gasteiger partial charge in [-0.3, -0.25) is 4.79 Å². The van der Waals surface area contributed by atoms with Gasteiger partial charge in [-0.25, -0.2) is 0 Å². The van der Waals surface area contributed by atoms with Gasteiger partial charge in [0.2, 0.25) is 0 Å². The van der Waals surface area contributed by atoms with Crippen molar-refractivity contribution in [3.8, 4) is 11.5 Å². The van der Waals surface area contributed by atoms with Gasteiger partial charge in [0.05, 0.1) is 0 Å². The van der Waals surface area contributed by atoms with Crippen LogP contribution in [0.4, 0.5) is 0 Å². The molecular weight excluding hydrogens is 242 g/mol. The second kappa shape index (κ2) is 7.67. The quantitative estimate of drug-likeness (QED) is 0.796. The molecule has 0 bridgehead atoms. The van der Waals surface area contributed by atoms with Gasteiger partial charge in [-0.15, -0.1) is 0 Å². The molecule has 0 unspecified atom stereocenters. The van der Waals surface area contributed by atoms with Crippen LogP contribution in [0.5, 0.6) is 11.5 Å². The lowest BCUT2D eigenvalue weighted by molar-refractivity contribution is 0.0750. The maximum Gasteiger partial charge on any atom is 0.254 e. The van der Waals surface area contributed by atoms with E-state index in [2.05, 4.69) is 13.8 Å². The van der Waals surface area contributed by atoms with Gasteiger partial charge in [0.25, 0.3) is 5.91 Å². The summed E-state index contributed by atoms with van der Waals surface area (Å²) in [6.07, 6.45) is 3.98. The van der Waals surface area contributed by atoms with Crippen molar-refractivity contribution in [2.45, 2.75) is 39.5 Å². The molecule has 4 nitrogen and oxygen atoms in total. The Morgan fingerprint density at radius 2 is 1.47 bits per heavy atom. The Hall–Kier alpha value is -1.71. The number of aromatic hydroxyl groups is 2. The van der Waals surface area contributed by atoms with Gasteiger partial charge in [0, 0.05) is 24.7 Å². The summed E-state index contributed by atoms with van der Waals surface area (Å²) in [5.74, 6) is -0.309. The predicted octanol–water partition coefficient (Wildman–Crippen LogP) is 3.14. The van der Waals surface area contributed by atoms with Crippen LogP contribution in [0.2, 0.25) is 0 Å². The van der Waals surface area contributed by atoms with Gasteiger partial charge in [0.1, 0.15) is 11.5 Å². The third-order valence-corrected chi connectivity index (χ3v) is 3.00. The van der Waals surface area contributed by atoms with Gasteiger partial charge in [-0.1, -0.05) is 26.7 Å². The maximum absolute atomic E-state index is 12.4. The molecule has 19 heavy (non-hydrogen) atoms. The van der Waals surface area contributed by atoms with Crippen LogP contribution in [0.15, 0.2) is 18.2 Å². The molecule has 1 rings (SSSR count). The number of amides is 1. The standard InChI is InChI=1S/C15H23NO3/c1-3-5-7-16(8-6-4-2)15(19)12-9-13(17)11-14(18)10-12/h9-11,17-18H,3-8H2,1-2H3. The number of phenolic OH excluding ortho intramolecular Hbond substituents is 2. The monoisotopic (exact) mass is 265 g/mol. The average molecular weight is 265 g/mol. The summed E-state index contributed by atoms with van der Waals surface area (Å²) >= 11 is 0. The molecule has 0 saturated heterocycles. The lowest BCUT2D eigenvalue weighted by Crippen LogP contribution is -2.32. The topological polar surface area (TPSA) is 60.8 Å². The molecule has 0 aliphatic heterocycles. The number of hydrogen-bond donors (Lipinski definition) is 2. The van der Waals surface area contributed by atoms with Crippen molar-refractivity contribution in [2.75, 3.05) is 13.1 Å². The molecule has 2 N–H and O–H groups in total. The molecule has 0 aromatic heterocycles. The zero-order valence-electron chi connectivity index (χ0n) is 11.7. The molecule has 0 spiro atoms. The number of carbonyl (C=O) groups excluding carboxylic acids is 1. The number of benzene rings is 1. The van der Waals surface area contributed by atoms with Crippen molar-refractivity contribution in [1.29, 1.82) is 0 Å². The van der Waals surface area contributed by atoms with Crippen LogP contribution in [0.1, 0.15) is 49.9 Å². The Bertz CT molecular complexity index is 390. The molecule has 0 aliphatic carbocycles. The highest BCUT2D eigenvalue weighted by Gasteiger charge is 2.16. The Balaban J connectivity index is 2.84. The van der Waals surface area contributed by atoms with E-state index >= 15 is 0 Å². The van der Waals surface area contributed by atoms with E-state index in [0.29, 0.717) is 18.7 Å². The highest BCUT2D eigenvalue weighted by Crippen LogP contribution is 2.21. The smallest absolute Gasteiger partial charge is 0.254 e. The first-order valence-electron chi connectivity index (χ1n) is 6.90. The van der Waals surface area contributed by atoms with E-state index in [0.717, 1.165) is 25.7 Å². The van der Waals surface area contributed by atoms with Crippen LogP contribution in [0.3, 0.4) is 0 Å². The molecule has 1 aromatic carbocycles. The number of nitrogens with zero attached hydrogens (tertiary/aromatic N) is 1. The molecular formula is C15H23NO3. The minimum Gasteiger partial charge on any atom is -0.508 e. The first kappa shape index (κ1) is 15.3. The molecule has 0 fully saturated rings. The summed E-state index contributed by atoms with van der Waals surface area (Å²) in [7, 11) is 0. The fourth-order valence-electron chi connectivity index (χ4n) is 1.91. The summed E-state index contributed by atoms with van der Waals surface area (Å²) in [6, 6.07) is 4.01. The van der Waals surface area contributed by atoms with E-state index in [1.165, 1.54) is 18.2 Å². The molecule has 1 amide bonds. The van der Waals surface area contributed by atoms with Crippen LogP contribution in [-0.2, 0) is 0 Å². The van der Waals surface area contributed by atoms with Crippen molar-refractivity contribution in [3.05, 3.63) is 23.8 Å². The van der Waals surface area contributed by atoms with Crippen molar-refractivity contribution in [2.24, 2.45) is 0 Å². The van der Waals surface area contributed by atoms with E-state index in [-0.39, 0.29) is 17.4 Å². The van der Waals surface area contributed by atoms with Crippen molar-refractivity contribution in [1.82, 2.24) is 4.90 Å². The van der Waals surface area contributed by atoms with Crippen molar-refractivity contribution < 1.29 is 15.0 Å². The Morgan fingerprint density at radius 3 is 1.89 bits per heavy atom. The second-order valence-corrected chi connectivity index (χ2v) is 4.74. The molecule has 106 valence electrons. The molecule has 0 radical (unpaired) electrons. The average Bonchev–Trinajstić information content (AvgIpc) is 2.37. The van der Waals surface area contributed by atoms with Gasteiger partial charge in [-0.2, -0.15) is 0 Å². The third-order valence-electron chi connectivity index (χ3n) is 3.00. The fraction of sp³-hybridized carbons (Fsp3) is 0.533. The van der Waals surface area contributed by atoms with Gasteiger partial charge >= 0.3 is 0 Å². The van der Waals surface area contributed by atoms with Crippen molar-refractivity contribution >= 4 is 5.91 Å². The van der Waals surface area contributed by atoms with E-state index in [4.69, 9.17) is 0 Å². The van der Waals surface area contributed by atoms with E-state index in [9.17, 15) is 15.0 Å². The molecule has 0 atom stereocenters. The minimum atomic E-state index is -0.131. The van der Waals surface area contributed by atoms with Crippen LogP contribution < -0.4 is 0 Å². The third kappa shape index (κ3) is 4.81. The maximum atomic E-state index is 12.4. The largest absolute Gasteiger partial charge is 0.508 e. The predicted molar refractivity (Wildman–Crippen MR) is 75.5 cm³/mol. The van der Waals surface area contributed by atoms with E-state index < -0.39 is 0 Å². The van der Waals surface area contributed by atoms with Crippen LogP contribution in [0, 0.1) is 0 Å². The SMILES string of the molecule is CCCCN(CCCC)C(=O)c1cc(O)cc(O)c1. The van der Waals surface area contributed by atoms with Crippen LogP contribution in [0.25, 0.3) is 0 Å². The number of phenols is 2. The molecule has 0 aliphatic rings. The van der Waals surface area contributed by atoms with Crippen LogP contribution >= 0.6 is 0 Å². The lowest BCUT2D eigenvalue weighted by Gasteiger charge is -2.22. The highest BCUT2D eigenvalue weighted by molar-refractivity contribution is 5.95. The first-order valence-corrected chi connectivity index (χ1v) is 6.90. The molecule has 4 heteroatoms. The normalized spacial score (nSPS) is 10.4. The number of carbonyl (C=O) groups is 1.